The summed E-state index contributed by atoms with van der Waals surface area (Å²) in [5.74, 6) is -3.61. The fourth-order valence-electron chi connectivity index (χ4n) is 4.48. The number of dihydropyridines is 1. The van der Waals surface area contributed by atoms with Crippen LogP contribution >= 0.6 is 0 Å². The summed E-state index contributed by atoms with van der Waals surface area (Å²) < 4.78 is 15.8. The molecule has 3 atom stereocenters. The Kier molecular flexibility index (Phi) is 7.58. The van der Waals surface area contributed by atoms with Gasteiger partial charge in [0.1, 0.15) is 18.3 Å². The lowest BCUT2D eigenvalue weighted by Gasteiger charge is -2.38. The van der Waals surface area contributed by atoms with Crippen molar-refractivity contribution in [3.05, 3.63) is 52.4 Å². The van der Waals surface area contributed by atoms with Gasteiger partial charge in [-0.05, 0) is 50.8 Å². The molecule has 0 spiro atoms. The highest BCUT2D eigenvalue weighted by atomic mass is 16.6. The van der Waals surface area contributed by atoms with Gasteiger partial charge < -0.3 is 24.6 Å². The lowest BCUT2D eigenvalue weighted by Crippen LogP contribution is -2.43. The fraction of sp³-hybridized carbons (Fsp3) is 0.480. The number of benzene rings is 1. The summed E-state index contributed by atoms with van der Waals surface area (Å²) in [6.07, 6.45) is 0.448. The number of hydrogen-bond donors (Lipinski definition) is 2. The van der Waals surface area contributed by atoms with Crippen LogP contribution in [0.25, 0.3) is 0 Å². The van der Waals surface area contributed by atoms with Crippen LogP contribution in [0.2, 0.25) is 0 Å². The van der Waals surface area contributed by atoms with E-state index in [9.17, 15) is 19.5 Å². The highest BCUT2D eigenvalue weighted by molar-refractivity contribution is 6.12. The second-order valence-electron chi connectivity index (χ2n) is 8.69. The van der Waals surface area contributed by atoms with Crippen LogP contribution in [0.3, 0.4) is 0 Å². The van der Waals surface area contributed by atoms with E-state index in [0.717, 1.165) is 0 Å². The largest absolute Gasteiger partial charge is 0.508 e. The summed E-state index contributed by atoms with van der Waals surface area (Å²) in [5.41, 5.74) is 2.37. The number of aromatic hydroxyl groups is 1. The minimum absolute atomic E-state index is 0.00466. The zero-order chi connectivity index (χ0) is 24.3. The van der Waals surface area contributed by atoms with Crippen LogP contribution in [0, 0.1) is 11.8 Å². The monoisotopic (exact) mass is 457 g/mol. The number of allylic oxidation sites excluding steroid dienone is 3. The van der Waals surface area contributed by atoms with Crippen molar-refractivity contribution in [2.75, 3.05) is 20.3 Å². The Balaban J connectivity index is 2.04. The van der Waals surface area contributed by atoms with E-state index in [2.05, 4.69) is 5.32 Å². The van der Waals surface area contributed by atoms with Gasteiger partial charge in [0.25, 0.3) is 0 Å². The third-order valence-corrected chi connectivity index (χ3v) is 5.93. The van der Waals surface area contributed by atoms with Crippen LogP contribution in [0.4, 0.5) is 0 Å². The summed E-state index contributed by atoms with van der Waals surface area (Å²) in [6.45, 7) is 7.66. The molecule has 1 heterocycles. The van der Waals surface area contributed by atoms with E-state index in [0.29, 0.717) is 29.0 Å². The van der Waals surface area contributed by atoms with E-state index in [1.54, 1.807) is 19.1 Å². The molecule has 1 aromatic carbocycles. The Labute approximate surface area is 193 Å². The van der Waals surface area contributed by atoms with E-state index in [1.165, 1.54) is 19.2 Å². The van der Waals surface area contributed by atoms with Gasteiger partial charge in [-0.15, -0.1) is 0 Å². The van der Waals surface area contributed by atoms with Gasteiger partial charge in [0.15, 0.2) is 5.78 Å². The molecule has 33 heavy (non-hydrogen) atoms. The van der Waals surface area contributed by atoms with Crippen molar-refractivity contribution in [1.82, 2.24) is 5.32 Å². The lowest BCUT2D eigenvalue weighted by atomic mass is 9.69. The van der Waals surface area contributed by atoms with Gasteiger partial charge in [-0.1, -0.05) is 19.1 Å². The van der Waals surface area contributed by atoms with E-state index in [4.69, 9.17) is 14.2 Å². The number of phenolic OH excluding ortho intramolecular Hbond substituents is 1. The molecular formula is C25H31NO7. The Hall–Kier alpha value is -3.13. The summed E-state index contributed by atoms with van der Waals surface area (Å²) in [7, 11) is 1.25. The summed E-state index contributed by atoms with van der Waals surface area (Å²) in [4.78, 5) is 39.2. The molecule has 0 saturated carbocycles. The topological polar surface area (TPSA) is 111 Å². The maximum atomic E-state index is 13.6. The van der Waals surface area contributed by atoms with Crippen molar-refractivity contribution in [3.63, 3.8) is 0 Å². The molecule has 0 saturated heterocycles. The fourth-order valence-corrected chi connectivity index (χ4v) is 4.48. The number of carbonyl (C=O) groups is 3. The second-order valence-corrected chi connectivity index (χ2v) is 8.69. The van der Waals surface area contributed by atoms with Crippen molar-refractivity contribution in [3.8, 4) is 5.75 Å². The van der Waals surface area contributed by atoms with Gasteiger partial charge in [0, 0.05) is 22.9 Å². The van der Waals surface area contributed by atoms with Crippen LogP contribution in [-0.4, -0.2) is 49.3 Å². The molecule has 1 aliphatic carbocycles. The van der Waals surface area contributed by atoms with Gasteiger partial charge >= 0.3 is 11.9 Å². The van der Waals surface area contributed by atoms with Crippen LogP contribution in [0.5, 0.6) is 5.75 Å². The number of Topliss-reactive ketones (excluding diaryl/α,β-unsaturated/α-hetero) is 1. The number of ether oxygens (including phenoxy) is 3. The standard InChI is InChI=1S/C25H31NO7/c1-13(2)32-9-10-33-25(30)20-15(4)26-18-11-14(3)19(24(29)31-5)23(28)22(18)21(20)16-7-6-8-17(27)12-16/h6-8,12-14,19,21,26-27H,9-11H2,1-5H3/t14-,19+,21+/m0/s1. The first-order chi connectivity index (χ1) is 15.6. The molecular weight excluding hydrogens is 426 g/mol. The predicted molar refractivity (Wildman–Crippen MR) is 120 cm³/mol. The quantitative estimate of drug-likeness (QED) is 0.365. The number of carbonyl (C=O) groups excluding carboxylic acids is 3. The number of hydrogen-bond acceptors (Lipinski definition) is 8. The molecule has 3 rings (SSSR count). The molecule has 8 heteroatoms. The van der Waals surface area contributed by atoms with E-state index in [1.807, 2.05) is 20.8 Å². The highest BCUT2D eigenvalue weighted by Gasteiger charge is 2.47. The van der Waals surface area contributed by atoms with Crippen LogP contribution in [0.1, 0.15) is 45.6 Å². The molecule has 0 radical (unpaired) electrons. The lowest BCUT2D eigenvalue weighted by molar-refractivity contribution is -0.151. The molecule has 0 bridgehead atoms. The molecule has 8 nitrogen and oxygen atoms in total. The Morgan fingerprint density at radius 1 is 1.24 bits per heavy atom. The zero-order valence-electron chi connectivity index (χ0n) is 19.6. The molecule has 0 aromatic heterocycles. The first-order valence-corrected chi connectivity index (χ1v) is 11.1. The third kappa shape index (κ3) is 5.11. The normalized spacial score (nSPS) is 22.7. The van der Waals surface area contributed by atoms with Crippen LogP contribution in [0.15, 0.2) is 46.8 Å². The van der Waals surface area contributed by atoms with Gasteiger partial charge in [-0.3, -0.25) is 9.59 Å². The van der Waals surface area contributed by atoms with Crippen molar-refractivity contribution in [2.45, 2.75) is 46.1 Å². The third-order valence-electron chi connectivity index (χ3n) is 5.93. The van der Waals surface area contributed by atoms with Gasteiger partial charge in [0.05, 0.1) is 25.4 Å². The maximum absolute atomic E-state index is 13.6. The Bertz CT molecular complexity index is 1010. The van der Waals surface area contributed by atoms with Crippen molar-refractivity contribution < 1.29 is 33.7 Å². The average molecular weight is 458 g/mol. The van der Waals surface area contributed by atoms with Crippen molar-refractivity contribution >= 4 is 17.7 Å². The molecule has 1 aromatic rings. The molecule has 2 aliphatic rings. The molecule has 0 unspecified atom stereocenters. The smallest absolute Gasteiger partial charge is 0.336 e. The van der Waals surface area contributed by atoms with Crippen LogP contribution < -0.4 is 5.32 Å². The Morgan fingerprint density at radius 2 is 1.97 bits per heavy atom. The van der Waals surface area contributed by atoms with E-state index in [-0.39, 0.29) is 36.6 Å². The minimum atomic E-state index is -0.967. The summed E-state index contributed by atoms with van der Waals surface area (Å²) in [6, 6.07) is 6.41. The number of esters is 2. The van der Waals surface area contributed by atoms with Crippen molar-refractivity contribution in [1.29, 1.82) is 0 Å². The first kappa shape index (κ1) is 24.5. The number of rotatable bonds is 7. The van der Waals surface area contributed by atoms with Crippen LogP contribution in [-0.2, 0) is 28.6 Å². The van der Waals surface area contributed by atoms with E-state index >= 15 is 0 Å². The molecule has 0 amide bonds. The first-order valence-electron chi connectivity index (χ1n) is 11.1. The van der Waals surface area contributed by atoms with E-state index < -0.39 is 29.6 Å². The number of nitrogens with one attached hydrogen (secondary N) is 1. The number of methoxy groups -OCH3 is 1. The summed E-state index contributed by atoms with van der Waals surface area (Å²) in [5, 5.41) is 13.3. The highest BCUT2D eigenvalue weighted by Crippen LogP contribution is 2.45. The van der Waals surface area contributed by atoms with Crippen molar-refractivity contribution in [2.24, 2.45) is 11.8 Å². The second kappa shape index (κ2) is 10.2. The number of phenols is 1. The SMILES string of the molecule is COC(=O)[C@H]1C(=O)C2=C(C[C@@H]1C)NC(C)=C(C(=O)OCCOC(C)C)[C@H]2c1cccc(O)c1. The summed E-state index contributed by atoms with van der Waals surface area (Å²) >= 11 is 0. The van der Waals surface area contributed by atoms with Gasteiger partial charge in [-0.2, -0.15) is 0 Å². The molecule has 178 valence electrons. The van der Waals surface area contributed by atoms with Gasteiger partial charge in [0.2, 0.25) is 0 Å². The predicted octanol–water partition coefficient (Wildman–Crippen LogP) is 2.97. The molecule has 1 aliphatic heterocycles. The minimum Gasteiger partial charge on any atom is -0.508 e. The average Bonchev–Trinajstić information content (AvgIpc) is 2.75. The number of ketones is 1. The Morgan fingerprint density at radius 3 is 2.61 bits per heavy atom. The maximum Gasteiger partial charge on any atom is 0.336 e. The molecule has 2 N–H and O–H groups in total. The zero-order valence-corrected chi connectivity index (χ0v) is 19.6. The van der Waals surface area contributed by atoms with Gasteiger partial charge in [-0.25, -0.2) is 4.79 Å². The molecule has 0 fully saturated rings.